The van der Waals surface area contributed by atoms with Crippen molar-refractivity contribution in [3.63, 3.8) is 0 Å². The van der Waals surface area contributed by atoms with E-state index in [2.05, 4.69) is 62.6 Å². The first-order valence-corrected chi connectivity index (χ1v) is 8.04. The molecule has 3 heteroatoms. The van der Waals surface area contributed by atoms with Gasteiger partial charge in [0.1, 0.15) is 0 Å². The molecule has 0 atom stereocenters. The van der Waals surface area contributed by atoms with Crippen LogP contribution in [0.15, 0.2) is 24.3 Å². The van der Waals surface area contributed by atoms with Crippen molar-refractivity contribution in [2.24, 2.45) is 0 Å². The molecule has 118 valence electrons. The van der Waals surface area contributed by atoms with Crippen molar-refractivity contribution in [1.82, 2.24) is 5.32 Å². The summed E-state index contributed by atoms with van der Waals surface area (Å²) in [4.78, 5) is 11.6. The van der Waals surface area contributed by atoms with Gasteiger partial charge in [-0.15, -0.1) is 0 Å². The Kier molecular flexibility index (Phi) is 7.27. The molecule has 0 saturated carbocycles. The molecule has 2 N–H and O–H groups in total. The molecule has 0 aliphatic rings. The van der Waals surface area contributed by atoms with Gasteiger partial charge in [-0.2, -0.15) is 0 Å². The van der Waals surface area contributed by atoms with Gasteiger partial charge in [-0.3, -0.25) is 4.79 Å². The summed E-state index contributed by atoms with van der Waals surface area (Å²) >= 11 is 0. The fourth-order valence-corrected chi connectivity index (χ4v) is 2.10. The summed E-state index contributed by atoms with van der Waals surface area (Å²) in [6, 6.07) is 8.46. The molecule has 0 spiro atoms. The summed E-state index contributed by atoms with van der Waals surface area (Å²) in [5, 5.41) is 6.25. The normalized spacial score (nSPS) is 11.2. The van der Waals surface area contributed by atoms with Crippen LogP contribution in [0.5, 0.6) is 0 Å². The molecule has 0 bridgehead atoms. The number of hydrogen-bond acceptors (Lipinski definition) is 2. The lowest BCUT2D eigenvalue weighted by molar-refractivity contribution is -0.120. The zero-order valence-corrected chi connectivity index (χ0v) is 14.0. The molecule has 1 aromatic rings. The monoisotopic (exact) mass is 290 g/mol. The van der Waals surface area contributed by atoms with E-state index in [1.807, 2.05) is 0 Å². The number of amides is 1. The van der Waals surface area contributed by atoms with Gasteiger partial charge in [0.25, 0.3) is 0 Å². The molecule has 1 amide bonds. The second-order valence-corrected chi connectivity index (χ2v) is 6.56. The topological polar surface area (TPSA) is 41.1 Å². The standard InChI is InChI=1S/C18H30N2O/c1-5-6-7-13-20-17(21)12-14-19-16-10-8-15(9-11-16)18(2,3)4/h8-11,19H,5-7,12-14H2,1-4H3,(H,20,21). The van der Waals surface area contributed by atoms with Gasteiger partial charge in [-0.05, 0) is 29.5 Å². The lowest BCUT2D eigenvalue weighted by Crippen LogP contribution is -2.26. The SMILES string of the molecule is CCCCCNC(=O)CCNc1ccc(C(C)(C)C)cc1. The zero-order chi connectivity index (χ0) is 15.7. The summed E-state index contributed by atoms with van der Waals surface area (Å²) in [5.41, 5.74) is 2.57. The van der Waals surface area contributed by atoms with Gasteiger partial charge in [0.2, 0.25) is 5.91 Å². The lowest BCUT2D eigenvalue weighted by atomic mass is 9.87. The molecule has 21 heavy (non-hydrogen) atoms. The minimum atomic E-state index is 0.130. The minimum absolute atomic E-state index is 0.130. The molecule has 1 aromatic carbocycles. The average Bonchev–Trinajstić information content (AvgIpc) is 2.43. The summed E-state index contributed by atoms with van der Waals surface area (Å²) in [7, 11) is 0. The van der Waals surface area contributed by atoms with Crippen molar-refractivity contribution in [2.45, 2.75) is 58.8 Å². The Morgan fingerprint density at radius 1 is 1.05 bits per heavy atom. The number of benzene rings is 1. The first kappa shape index (κ1) is 17.5. The van der Waals surface area contributed by atoms with E-state index < -0.39 is 0 Å². The van der Waals surface area contributed by atoms with Gasteiger partial charge in [0.05, 0.1) is 0 Å². The second-order valence-electron chi connectivity index (χ2n) is 6.56. The van der Waals surface area contributed by atoms with Gasteiger partial charge in [0.15, 0.2) is 0 Å². The van der Waals surface area contributed by atoms with E-state index in [0.717, 1.165) is 18.7 Å². The molecule has 3 nitrogen and oxygen atoms in total. The maximum atomic E-state index is 11.6. The van der Waals surface area contributed by atoms with Crippen molar-refractivity contribution in [3.8, 4) is 0 Å². The molecule has 0 aliphatic carbocycles. The van der Waals surface area contributed by atoms with Crippen LogP contribution in [0.4, 0.5) is 5.69 Å². The first-order chi connectivity index (χ1) is 9.93. The summed E-state index contributed by atoms with van der Waals surface area (Å²) in [6.45, 7) is 10.3. The maximum absolute atomic E-state index is 11.6. The Morgan fingerprint density at radius 2 is 1.71 bits per heavy atom. The maximum Gasteiger partial charge on any atom is 0.221 e. The van der Waals surface area contributed by atoms with E-state index in [-0.39, 0.29) is 11.3 Å². The molecule has 0 saturated heterocycles. The highest BCUT2D eigenvalue weighted by Crippen LogP contribution is 2.23. The fraction of sp³-hybridized carbons (Fsp3) is 0.611. The highest BCUT2D eigenvalue weighted by Gasteiger charge is 2.12. The van der Waals surface area contributed by atoms with Crippen LogP contribution < -0.4 is 10.6 Å². The van der Waals surface area contributed by atoms with Crippen LogP contribution in [0.2, 0.25) is 0 Å². The highest BCUT2D eigenvalue weighted by atomic mass is 16.1. The van der Waals surface area contributed by atoms with Crippen LogP contribution >= 0.6 is 0 Å². The van der Waals surface area contributed by atoms with Crippen LogP contribution in [0.25, 0.3) is 0 Å². The van der Waals surface area contributed by atoms with E-state index >= 15 is 0 Å². The average molecular weight is 290 g/mol. The molecule has 0 fully saturated rings. The minimum Gasteiger partial charge on any atom is -0.385 e. The van der Waals surface area contributed by atoms with Gasteiger partial charge < -0.3 is 10.6 Å². The number of unbranched alkanes of at least 4 members (excludes halogenated alkanes) is 2. The summed E-state index contributed by atoms with van der Waals surface area (Å²) in [5.74, 6) is 0.130. The van der Waals surface area contributed by atoms with Crippen LogP contribution in [0, 0.1) is 0 Å². The van der Waals surface area contributed by atoms with Crippen molar-refractivity contribution < 1.29 is 4.79 Å². The van der Waals surface area contributed by atoms with E-state index in [1.165, 1.54) is 18.4 Å². The Labute approximate surface area is 129 Å². The predicted octanol–water partition coefficient (Wildman–Crippen LogP) is 4.09. The van der Waals surface area contributed by atoms with Gasteiger partial charge >= 0.3 is 0 Å². The Hall–Kier alpha value is -1.51. The van der Waals surface area contributed by atoms with Crippen molar-refractivity contribution in [3.05, 3.63) is 29.8 Å². The number of anilines is 1. The third-order valence-corrected chi connectivity index (χ3v) is 3.53. The number of rotatable bonds is 8. The van der Waals surface area contributed by atoms with Crippen LogP contribution in [-0.2, 0) is 10.2 Å². The predicted molar refractivity (Wildman–Crippen MR) is 90.8 cm³/mol. The van der Waals surface area contributed by atoms with Crippen LogP contribution in [0.3, 0.4) is 0 Å². The smallest absolute Gasteiger partial charge is 0.221 e. The molecule has 1 rings (SSSR count). The lowest BCUT2D eigenvalue weighted by Gasteiger charge is -2.19. The van der Waals surface area contributed by atoms with Gasteiger partial charge in [0, 0.05) is 25.2 Å². The number of carbonyl (C=O) groups excluding carboxylic acids is 1. The third-order valence-electron chi connectivity index (χ3n) is 3.53. The summed E-state index contributed by atoms with van der Waals surface area (Å²) < 4.78 is 0. The summed E-state index contributed by atoms with van der Waals surface area (Å²) in [6.07, 6.45) is 3.96. The van der Waals surface area contributed by atoms with E-state index in [0.29, 0.717) is 13.0 Å². The van der Waals surface area contributed by atoms with Crippen molar-refractivity contribution in [1.29, 1.82) is 0 Å². The highest BCUT2D eigenvalue weighted by molar-refractivity contribution is 5.76. The van der Waals surface area contributed by atoms with Gasteiger partial charge in [-0.1, -0.05) is 52.7 Å². The zero-order valence-electron chi connectivity index (χ0n) is 14.0. The quantitative estimate of drug-likeness (QED) is 0.708. The Balaban J connectivity index is 2.25. The molecule has 0 heterocycles. The van der Waals surface area contributed by atoms with Crippen molar-refractivity contribution >= 4 is 11.6 Å². The molecule has 0 aromatic heterocycles. The largest absolute Gasteiger partial charge is 0.385 e. The molecule has 0 radical (unpaired) electrons. The molecular weight excluding hydrogens is 260 g/mol. The van der Waals surface area contributed by atoms with E-state index in [9.17, 15) is 4.79 Å². The van der Waals surface area contributed by atoms with Crippen LogP contribution in [-0.4, -0.2) is 19.0 Å². The van der Waals surface area contributed by atoms with Gasteiger partial charge in [-0.25, -0.2) is 0 Å². The second kappa shape index (κ2) is 8.71. The molecule has 0 unspecified atom stereocenters. The molecule has 0 aliphatic heterocycles. The number of hydrogen-bond donors (Lipinski definition) is 2. The van der Waals surface area contributed by atoms with Crippen LogP contribution in [0.1, 0.15) is 58.9 Å². The van der Waals surface area contributed by atoms with E-state index in [1.54, 1.807) is 0 Å². The third kappa shape index (κ3) is 7.16. The van der Waals surface area contributed by atoms with Crippen molar-refractivity contribution in [2.75, 3.05) is 18.4 Å². The Morgan fingerprint density at radius 3 is 2.29 bits per heavy atom. The number of carbonyl (C=O) groups is 1. The van der Waals surface area contributed by atoms with E-state index in [4.69, 9.17) is 0 Å². The molecular formula is C18H30N2O. The Bertz CT molecular complexity index is 418. The fourth-order valence-electron chi connectivity index (χ4n) is 2.10. The number of nitrogens with one attached hydrogen (secondary N) is 2. The first-order valence-electron chi connectivity index (χ1n) is 8.04.